The third kappa shape index (κ3) is 2.82. The SMILES string of the molecule is Cc1nnc(SCC(=O)NN)[nH]c1=O. The van der Waals surface area contributed by atoms with Gasteiger partial charge in [-0.15, -0.1) is 10.2 Å². The normalized spacial score (nSPS) is 9.86. The van der Waals surface area contributed by atoms with Gasteiger partial charge in [0.15, 0.2) is 5.16 Å². The van der Waals surface area contributed by atoms with Gasteiger partial charge in [0.25, 0.3) is 5.56 Å². The largest absolute Gasteiger partial charge is 0.298 e. The number of amides is 1. The first-order chi connectivity index (χ1) is 6.63. The van der Waals surface area contributed by atoms with Crippen molar-refractivity contribution in [2.75, 3.05) is 5.75 Å². The van der Waals surface area contributed by atoms with Crippen molar-refractivity contribution in [3.63, 3.8) is 0 Å². The highest BCUT2D eigenvalue weighted by molar-refractivity contribution is 7.99. The van der Waals surface area contributed by atoms with Crippen molar-refractivity contribution in [1.82, 2.24) is 20.6 Å². The number of hydrazine groups is 1. The smallest absolute Gasteiger partial charge is 0.273 e. The number of rotatable bonds is 3. The Balaban J connectivity index is 2.65. The Morgan fingerprint density at radius 2 is 2.36 bits per heavy atom. The molecule has 7 nitrogen and oxygen atoms in total. The van der Waals surface area contributed by atoms with Gasteiger partial charge in [0, 0.05) is 0 Å². The Hall–Kier alpha value is -1.41. The van der Waals surface area contributed by atoms with Crippen LogP contribution in [-0.4, -0.2) is 26.8 Å². The second-order valence-corrected chi connectivity index (χ2v) is 3.36. The molecule has 0 aliphatic rings. The Morgan fingerprint density at radius 3 is 2.93 bits per heavy atom. The monoisotopic (exact) mass is 215 g/mol. The molecule has 1 heterocycles. The minimum absolute atomic E-state index is 0.0875. The molecule has 0 saturated heterocycles. The predicted molar refractivity (Wildman–Crippen MR) is 50.4 cm³/mol. The maximum atomic E-state index is 11.1. The van der Waals surface area contributed by atoms with Crippen LogP contribution in [-0.2, 0) is 4.79 Å². The van der Waals surface area contributed by atoms with Crippen molar-refractivity contribution in [1.29, 1.82) is 0 Å². The lowest BCUT2D eigenvalue weighted by Gasteiger charge is -1.98. The number of carbonyl (C=O) groups excluding carboxylic acids is 1. The van der Waals surface area contributed by atoms with Crippen molar-refractivity contribution in [2.45, 2.75) is 12.1 Å². The van der Waals surface area contributed by atoms with E-state index in [1.54, 1.807) is 6.92 Å². The van der Waals surface area contributed by atoms with Crippen LogP contribution in [0.2, 0.25) is 0 Å². The van der Waals surface area contributed by atoms with Gasteiger partial charge in [-0.25, -0.2) is 5.84 Å². The van der Waals surface area contributed by atoms with Gasteiger partial charge < -0.3 is 0 Å². The summed E-state index contributed by atoms with van der Waals surface area (Å²) in [6.07, 6.45) is 0. The number of carbonyl (C=O) groups is 1. The summed E-state index contributed by atoms with van der Waals surface area (Å²) in [7, 11) is 0. The van der Waals surface area contributed by atoms with Crippen LogP contribution in [0.4, 0.5) is 0 Å². The van der Waals surface area contributed by atoms with Crippen LogP contribution in [0.1, 0.15) is 5.69 Å². The maximum absolute atomic E-state index is 11.1. The second kappa shape index (κ2) is 4.72. The quantitative estimate of drug-likeness (QED) is 0.246. The summed E-state index contributed by atoms with van der Waals surface area (Å²) in [6.45, 7) is 1.55. The molecule has 1 aromatic heterocycles. The van der Waals surface area contributed by atoms with E-state index in [4.69, 9.17) is 5.84 Å². The van der Waals surface area contributed by atoms with Crippen molar-refractivity contribution < 1.29 is 4.79 Å². The zero-order chi connectivity index (χ0) is 10.6. The zero-order valence-corrected chi connectivity index (χ0v) is 8.22. The highest BCUT2D eigenvalue weighted by atomic mass is 32.2. The fourth-order valence-electron chi connectivity index (χ4n) is 0.619. The molecule has 0 spiro atoms. The predicted octanol–water partition coefficient (Wildman–Crippen LogP) is -1.44. The summed E-state index contributed by atoms with van der Waals surface area (Å²) in [4.78, 5) is 24.3. The van der Waals surface area contributed by atoms with Crippen molar-refractivity contribution in [2.24, 2.45) is 5.84 Å². The van der Waals surface area contributed by atoms with Crippen LogP contribution in [0.3, 0.4) is 0 Å². The molecule has 0 saturated carbocycles. The van der Waals surface area contributed by atoms with Gasteiger partial charge in [0.2, 0.25) is 5.91 Å². The third-order valence-corrected chi connectivity index (χ3v) is 2.20. The van der Waals surface area contributed by atoms with Crippen molar-refractivity contribution in [3.05, 3.63) is 16.0 Å². The van der Waals surface area contributed by atoms with E-state index >= 15 is 0 Å². The minimum Gasteiger partial charge on any atom is -0.298 e. The van der Waals surface area contributed by atoms with E-state index < -0.39 is 0 Å². The van der Waals surface area contributed by atoms with E-state index in [0.29, 0.717) is 5.16 Å². The number of nitrogens with two attached hydrogens (primary N) is 1. The lowest BCUT2D eigenvalue weighted by atomic mass is 10.5. The number of nitrogens with one attached hydrogen (secondary N) is 2. The molecular weight excluding hydrogens is 206 g/mol. The summed E-state index contributed by atoms with van der Waals surface area (Å²) in [5.74, 6) is 4.61. The van der Waals surface area contributed by atoms with Gasteiger partial charge in [-0.1, -0.05) is 11.8 Å². The number of hydrogen-bond donors (Lipinski definition) is 3. The molecule has 1 rings (SSSR count). The van der Waals surface area contributed by atoms with Crippen LogP contribution < -0.4 is 16.8 Å². The Kier molecular flexibility index (Phi) is 3.60. The fraction of sp³-hybridized carbons (Fsp3) is 0.333. The molecule has 0 unspecified atom stereocenters. The van der Waals surface area contributed by atoms with Crippen LogP contribution in [0.5, 0.6) is 0 Å². The van der Waals surface area contributed by atoms with Gasteiger partial charge >= 0.3 is 0 Å². The third-order valence-electron chi connectivity index (χ3n) is 1.34. The van der Waals surface area contributed by atoms with E-state index in [1.165, 1.54) is 0 Å². The molecule has 0 fully saturated rings. The maximum Gasteiger partial charge on any atom is 0.273 e. The van der Waals surface area contributed by atoms with E-state index in [-0.39, 0.29) is 22.9 Å². The standard InChI is InChI=1S/C6H9N5O2S/c1-3-5(13)8-6(11-10-3)14-2-4(12)9-7/h2,7H2,1H3,(H,9,12)(H,8,11,13). The highest BCUT2D eigenvalue weighted by Gasteiger charge is 2.04. The Labute approximate surface area is 83.5 Å². The molecule has 0 radical (unpaired) electrons. The van der Waals surface area contributed by atoms with Crippen LogP contribution in [0, 0.1) is 6.92 Å². The van der Waals surface area contributed by atoms with Gasteiger partial charge in [-0.05, 0) is 6.92 Å². The van der Waals surface area contributed by atoms with Crippen molar-refractivity contribution >= 4 is 17.7 Å². The van der Waals surface area contributed by atoms with E-state index in [2.05, 4.69) is 15.2 Å². The number of aryl methyl sites for hydroxylation is 1. The molecule has 0 aromatic carbocycles. The van der Waals surface area contributed by atoms with Gasteiger partial charge in [-0.3, -0.25) is 20.0 Å². The van der Waals surface area contributed by atoms with Crippen molar-refractivity contribution in [3.8, 4) is 0 Å². The Morgan fingerprint density at radius 1 is 1.64 bits per heavy atom. The number of nitrogens with zero attached hydrogens (tertiary/aromatic N) is 2. The van der Waals surface area contributed by atoms with E-state index in [1.807, 2.05) is 5.43 Å². The zero-order valence-electron chi connectivity index (χ0n) is 7.40. The first kappa shape index (κ1) is 10.7. The first-order valence-electron chi connectivity index (χ1n) is 3.69. The summed E-state index contributed by atoms with van der Waals surface area (Å²) >= 11 is 1.05. The topological polar surface area (TPSA) is 114 Å². The van der Waals surface area contributed by atoms with Crippen LogP contribution >= 0.6 is 11.8 Å². The van der Waals surface area contributed by atoms with Crippen LogP contribution in [0.15, 0.2) is 9.95 Å². The molecule has 4 N–H and O–H groups in total. The number of H-pyrrole nitrogens is 1. The van der Waals surface area contributed by atoms with Crippen LogP contribution in [0.25, 0.3) is 0 Å². The average molecular weight is 215 g/mol. The number of aromatic amines is 1. The van der Waals surface area contributed by atoms with Gasteiger partial charge in [0.1, 0.15) is 5.69 Å². The molecular formula is C6H9N5O2S. The fourth-order valence-corrected chi connectivity index (χ4v) is 1.23. The summed E-state index contributed by atoms with van der Waals surface area (Å²) in [5, 5.41) is 7.58. The summed E-state index contributed by atoms with van der Waals surface area (Å²) in [6, 6.07) is 0. The first-order valence-corrected chi connectivity index (χ1v) is 4.68. The van der Waals surface area contributed by atoms with Gasteiger partial charge in [-0.2, -0.15) is 0 Å². The van der Waals surface area contributed by atoms with E-state index in [9.17, 15) is 9.59 Å². The highest BCUT2D eigenvalue weighted by Crippen LogP contribution is 2.08. The lowest BCUT2D eigenvalue weighted by molar-refractivity contribution is -0.118. The molecule has 76 valence electrons. The average Bonchev–Trinajstić information content (AvgIpc) is 2.19. The second-order valence-electron chi connectivity index (χ2n) is 2.40. The molecule has 0 aliphatic heterocycles. The summed E-state index contributed by atoms with van der Waals surface area (Å²) in [5.41, 5.74) is 1.94. The van der Waals surface area contributed by atoms with Gasteiger partial charge in [0.05, 0.1) is 5.75 Å². The number of thioether (sulfide) groups is 1. The van der Waals surface area contributed by atoms with E-state index in [0.717, 1.165) is 11.8 Å². The molecule has 0 aliphatic carbocycles. The molecule has 8 heteroatoms. The number of aromatic nitrogens is 3. The molecule has 1 aromatic rings. The Bertz CT molecular complexity index is 390. The molecule has 1 amide bonds. The lowest BCUT2D eigenvalue weighted by Crippen LogP contribution is -2.31. The summed E-state index contributed by atoms with van der Waals surface area (Å²) < 4.78 is 0. The molecule has 14 heavy (non-hydrogen) atoms. The molecule has 0 atom stereocenters. The number of hydrogen-bond acceptors (Lipinski definition) is 6. The minimum atomic E-state index is -0.349. The molecule has 0 bridgehead atoms.